The summed E-state index contributed by atoms with van der Waals surface area (Å²) in [4.78, 5) is 9.44. The summed E-state index contributed by atoms with van der Waals surface area (Å²) in [6.45, 7) is 18.6. The van der Waals surface area contributed by atoms with Crippen LogP contribution >= 0.6 is 0 Å². The van der Waals surface area contributed by atoms with Crippen molar-refractivity contribution in [3.8, 4) is 33.6 Å². The van der Waals surface area contributed by atoms with Crippen molar-refractivity contribution in [2.75, 3.05) is 0 Å². The van der Waals surface area contributed by atoms with Crippen molar-refractivity contribution in [3.05, 3.63) is 126 Å². The Balaban J connectivity index is 0.000000217. The number of aryl methyl sites for hydroxylation is 1. The standard InChI is InChI=1S/C24H26N.C21H28NSi.Ir/c1-17-16-25-23(15-22(17)19-10-7-6-8-11-19)21-13-9-12-20(14-21)18(2)24(3,4)5;1-23(2,3)21-16-22-20(18-12-8-5-9-13-18)15-19(21)14-17-10-6-4-7-11-17;/h6-12,14-16,18H,1-5H3;5,8-9,12,15-17H,4,6-7,10-11,14H2,1-3H3;/q2*-1;. The molecule has 1 atom stereocenters. The molecule has 0 bridgehead atoms. The normalized spacial score (nSPS) is 14.3. The molecule has 1 radical (unpaired) electrons. The summed E-state index contributed by atoms with van der Waals surface area (Å²) in [6, 6.07) is 36.3. The third kappa shape index (κ3) is 10.4. The largest absolute Gasteiger partial charge is 0.305 e. The van der Waals surface area contributed by atoms with E-state index in [9.17, 15) is 0 Å². The van der Waals surface area contributed by atoms with Crippen molar-refractivity contribution < 1.29 is 20.1 Å². The van der Waals surface area contributed by atoms with Gasteiger partial charge in [-0.1, -0.05) is 127 Å². The Morgan fingerprint density at radius 2 is 1.43 bits per heavy atom. The van der Waals surface area contributed by atoms with E-state index in [1.165, 1.54) is 60.8 Å². The Hall–Kier alpha value is -3.17. The van der Waals surface area contributed by atoms with Crippen LogP contribution in [0.3, 0.4) is 0 Å². The van der Waals surface area contributed by atoms with Gasteiger partial charge in [-0.2, -0.15) is 0 Å². The van der Waals surface area contributed by atoms with Crippen LogP contribution in [0.5, 0.6) is 0 Å². The SMILES string of the molecule is C[Si](C)(C)c1cnc(-c2[c-]cccc2)cc1CC1CCCCC1.Cc1cnc(-c2[c-]ccc(C(C)C(C)(C)C)c2)cc1-c1ccccc1.[Ir]. The van der Waals surface area contributed by atoms with E-state index in [4.69, 9.17) is 4.98 Å². The smallest absolute Gasteiger partial charge is 0.0798 e. The van der Waals surface area contributed by atoms with Crippen molar-refractivity contribution in [1.82, 2.24) is 9.97 Å². The van der Waals surface area contributed by atoms with Gasteiger partial charge in [0.2, 0.25) is 0 Å². The number of nitrogens with zero attached hydrogens (tertiary/aromatic N) is 2. The molecule has 1 aliphatic carbocycles. The van der Waals surface area contributed by atoms with Crippen LogP contribution in [-0.2, 0) is 26.5 Å². The second-order valence-electron chi connectivity index (χ2n) is 15.8. The molecule has 0 saturated heterocycles. The molecular weight excluding hydrogens is 789 g/mol. The van der Waals surface area contributed by atoms with Gasteiger partial charge in [0.1, 0.15) is 0 Å². The maximum atomic E-state index is 4.77. The predicted molar refractivity (Wildman–Crippen MR) is 208 cm³/mol. The zero-order valence-electron chi connectivity index (χ0n) is 30.9. The maximum Gasteiger partial charge on any atom is 0.0798 e. The van der Waals surface area contributed by atoms with Crippen LogP contribution in [0.2, 0.25) is 19.6 Å². The molecule has 0 N–H and O–H groups in total. The fourth-order valence-corrected chi connectivity index (χ4v) is 8.33. The first-order valence-corrected chi connectivity index (χ1v) is 21.4. The summed E-state index contributed by atoms with van der Waals surface area (Å²) in [6.07, 6.45) is 12.4. The van der Waals surface area contributed by atoms with Crippen molar-refractivity contribution in [2.45, 2.75) is 98.7 Å². The number of aromatic nitrogens is 2. The minimum atomic E-state index is -1.36. The molecule has 0 amide bonds. The molecular formula is C45H54IrN2Si-2. The van der Waals surface area contributed by atoms with Gasteiger partial charge in [0.15, 0.2) is 0 Å². The van der Waals surface area contributed by atoms with Crippen LogP contribution < -0.4 is 5.19 Å². The topological polar surface area (TPSA) is 25.8 Å². The molecule has 4 heteroatoms. The second-order valence-corrected chi connectivity index (χ2v) is 20.9. The molecule has 6 rings (SSSR count). The van der Waals surface area contributed by atoms with E-state index >= 15 is 0 Å². The van der Waals surface area contributed by atoms with E-state index in [2.05, 4.69) is 138 Å². The molecule has 259 valence electrons. The second kappa shape index (κ2) is 17.2. The average molecular weight is 843 g/mol. The minimum absolute atomic E-state index is 0. The third-order valence-corrected chi connectivity index (χ3v) is 12.2. The fourth-order valence-electron chi connectivity index (χ4n) is 6.74. The van der Waals surface area contributed by atoms with E-state index in [0.717, 1.165) is 28.4 Å². The molecule has 1 fully saturated rings. The number of hydrogen-bond acceptors (Lipinski definition) is 2. The summed E-state index contributed by atoms with van der Waals surface area (Å²) < 4.78 is 0. The van der Waals surface area contributed by atoms with Gasteiger partial charge in [0.25, 0.3) is 0 Å². The van der Waals surface area contributed by atoms with E-state index in [0.29, 0.717) is 5.92 Å². The summed E-state index contributed by atoms with van der Waals surface area (Å²) in [5.74, 6) is 1.34. The maximum absolute atomic E-state index is 4.77. The Bertz CT molecular complexity index is 1760. The van der Waals surface area contributed by atoms with E-state index in [-0.39, 0.29) is 25.5 Å². The van der Waals surface area contributed by atoms with Crippen LogP contribution in [-0.4, -0.2) is 18.0 Å². The molecule has 5 aromatic rings. The quantitative estimate of drug-likeness (QED) is 0.120. The molecule has 3 aromatic carbocycles. The average Bonchev–Trinajstić information content (AvgIpc) is 3.09. The minimum Gasteiger partial charge on any atom is -0.305 e. The first kappa shape index (κ1) is 38.6. The molecule has 1 unspecified atom stereocenters. The summed E-state index contributed by atoms with van der Waals surface area (Å²) in [5, 5.41) is 1.54. The monoisotopic (exact) mass is 843 g/mol. The fraction of sp³-hybridized carbons (Fsp3) is 0.378. The molecule has 2 nitrogen and oxygen atoms in total. The number of hydrogen-bond donors (Lipinski definition) is 0. The predicted octanol–water partition coefficient (Wildman–Crippen LogP) is 11.9. The van der Waals surface area contributed by atoms with Crippen molar-refractivity contribution >= 4 is 13.3 Å². The molecule has 0 aliphatic heterocycles. The van der Waals surface area contributed by atoms with Gasteiger partial charge in [0, 0.05) is 32.5 Å². The van der Waals surface area contributed by atoms with Crippen molar-refractivity contribution in [1.29, 1.82) is 0 Å². The molecule has 49 heavy (non-hydrogen) atoms. The summed E-state index contributed by atoms with van der Waals surface area (Å²) >= 11 is 0. The number of pyridine rings is 2. The Kier molecular flexibility index (Phi) is 13.5. The van der Waals surface area contributed by atoms with Crippen molar-refractivity contribution in [3.63, 3.8) is 0 Å². The first-order chi connectivity index (χ1) is 22.9. The van der Waals surface area contributed by atoms with Crippen molar-refractivity contribution in [2.24, 2.45) is 11.3 Å². The van der Waals surface area contributed by atoms with Crippen LogP contribution in [0.15, 0.2) is 97.3 Å². The summed E-state index contributed by atoms with van der Waals surface area (Å²) in [7, 11) is -1.36. The van der Waals surface area contributed by atoms with Gasteiger partial charge in [-0.05, 0) is 63.9 Å². The number of benzene rings is 3. The van der Waals surface area contributed by atoms with Gasteiger partial charge in [-0.15, -0.1) is 71.3 Å². The van der Waals surface area contributed by atoms with Gasteiger partial charge in [0.05, 0.1) is 8.07 Å². The third-order valence-electron chi connectivity index (χ3n) is 10.1. The molecule has 1 saturated carbocycles. The number of rotatable bonds is 7. The molecule has 2 heterocycles. The Morgan fingerprint density at radius 1 is 0.776 bits per heavy atom. The zero-order chi connectivity index (χ0) is 34.3. The van der Waals surface area contributed by atoms with Crippen LogP contribution in [0.4, 0.5) is 0 Å². The Labute approximate surface area is 311 Å². The van der Waals surface area contributed by atoms with Crippen LogP contribution in [0.1, 0.15) is 82.4 Å². The van der Waals surface area contributed by atoms with Gasteiger partial charge in [-0.25, -0.2) is 0 Å². The van der Waals surface area contributed by atoms with Crippen LogP contribution in [0, 0.1) is 30.4 Å². The Morgan fingerprint density at radius 3 is 2.08 bits per heavy atom. The van der Waals surface area contributed by atoms with Gasteiger partial charge >= 0.3 is 0 Å². The van der Waals surface area contributed by atoms with Crippen LogP contribution in [0.25, 0.3) is 33.6 Å². The molecule has 2 aromatic heterocycles. The van der Waals surface area contributed by atoms with Gasteiger partial charge in [-0.3, -0.25) is 0 Å². The van der Waals surface area contributed by atoms with E-state index in [1.807, 2.05) is 30.5 Å². The molecule has 0 spiro atoms. The molecule has 1 aliphatic rings. The van der Waals surface area contributed by atoms with Gasteiger partial charge < -0.3 is 9.97 Å². The van der Waals surface area contributed by atoms with E-state index < -0.39 is 8.07 Å². The van der Waals surface area contributed by atoms with E-state index in [1.54, 1.807) is 10.8 Å². The zero-order valence-corrected chi connectivity index (χ0v) is 34.3. The summed E-state index contributed by atoms with van der Waals surface area (Å²) in [5.41, 5.74) is 11.0. The first-order valence-electron chi connectivity index (χ1n) is 17.9.